The van der Waals surface area contributed by atoms with Crippen LogP contribution >= 0.6 is 34.7 Å². The van der Waals surface area contributed by atoms with Gasteiger partial charge in [-0.1, -0.05) is 41.1 Å². The van der Waals surface area contributed by atoms with Crippen molar-refractivity contribution in [1.29, 1.82) is 0 Å². The van der Waals surface area contributed by atoms with Crippen LogP contribution < -0.4 is 4.80 Å². The molecule has 0 saturated carbocycles. The fraction of sp³-hybridized carbons (Fsp3) is 0.158. The van der Waals surface area contributed by atoms with Crippen molar-refractivity contribution in [2.75, 3.05) is 12.0 Å². The van der Waals surface area contributed by atoms with Gasteiger partial charge in [0.1, 0.15) is 5.82 Å². The monoisotopic (exact) mass is 406 g/mol. The molecule has 0 aliphatic heterocycles. The number of aromatic nitrogens is 1. The first-order chi connectivity index (χ1) is 12.6. The summed E-state index contributed by atoms with van der Waals surface area (Å²) in [5.41, 5.74) is 1.64. The van der Waals surface area contributed by atoms with E-state index in [0.29, 0.717) is 16.4 Å². The van der Waals surface area contributed by atoms with E-state index in [1.54, 1.807) is 30.0 Å². The first-order valence-corrected chi connectivity index (χ1v) is 10.5. The molecule has 0 N–H and O–H groups in total. The summed E-state index contributed by atoms with van der Waals surface area (Å²) in [7, 11) is 0. The number of halogens is 2. The van der Waals surface area contributed by atoms with Gasteiger partial charge in [0, 0.05) is 23.4 Å². The molecule has 26 heavy (non-hydrogen) atoms. The van der Waals surface area contributed by atoms with Crippen molar-refractivity contribution >= 4 is 56.9 Å². The molecule has 3 rings (SSSR count). The summed E-state index contributed by atoms with van der Waals surface area (Å²) >= 11 is 9.10. The van der Waals surface area contributed by atoms with Crippen LogP contribution in [0.4, 0.5) is 4.39 Å². The van der Waals surface area contributed by atoms with E-state index in [9.17, 15) is 9.18 Å². The smallest absolute Gasteiger partial charge is 0.272 e. The average Bonchev–Trinajstić information content (AvgIpc) is 2.95. The van der Waals surface area contributed by atoms with Crippen molar-refractivity contribution in [3.63, 3.8) is 0 Å². The third-order valence-electron chi connectivity index (χ3n) is 3.68. The standard InChI is InChI=1S/C19H16ClFN2OS2/c1-25-11-10-23-16-8-7-14(21)12-17(16)26-19(23)22-18(24)9-6-13-4-2-3-5-15(13)20/h2-9,12H,10-11H2,1H3/b9-6+,22-19?. The molecule has 0 bridgehead atoms. The van der Waals surface area contributed by atoms with Crippen LogP contribution in [0, 0.1) is 5.82 Å². The Morgan fingerprint density at radius 1 is 1.35 bits per heavy atom. The zero-order valence-electron chi connectivity index (χ0n) is 14.0. The molecule has 0 radical (unpaired) electrons. The molecule has 0 atom stereocenters. The van der Waals surface area contributed by atoms with Gasteiger partial charge in [-0.2, -0.15) is 16.8 Å². The van der Waals surface area contributed by atoms with Crippen molar-refractivity contribution in [2.45, 2.75) is 6.54 Å². The molecule has 1 amide bonds. The van der Waals surface area contributed by atoms with Gasteiger partial charge in [0.25, 0.3) is 5.91 Å². The van der Waals surface area contributed by atoms with E-state index in [-0.39, 0.29) is 11.7 Å². The largest absolute Gasteiger partial charge is 0.316 e. The lowest BCUT2D eigenvalue weighted by Crippen LogP contribution is -2.17. The van der Waals surface area contributed by atoms with Crippen LogP contribution in [0.25, 0.3) is 16.3 Å². The lowest BCUT2D eigenvalue weighted by Gasteiger charge is -2.03. The maximum absolute atomic E-state index is 13.5. The summed E-state index contributed by atoms with van der Waals surface area (Å²) in [5, 5.41) is 0.573. The number of thioether (sulfide) groups is 1. The molecule has 3 aromatic rings. The lowest BCUT2D eigenvalue weighted by atomic mass is 10.2. The predicted octanol–water partition coefficient (Wildman–Crippen LogP) is 5.00. The lowest BCUT2D eigenvalue weighted by molar-refractivity contribution is -0.113. The van der Waals surface area contributed by atoms with E-state index in [0.717, 1.165) is 21.5 Å². The number of hydrogen-bond donors (Lipinski definition) is 0. The van der Waals surface area contributed by atoms with Crippen LogP contribution in [0.3, 0.4) is 0 Å². The maximum atomic E-state index is 13.5. The van der Waals surface area contributed by atoms with Crippen molar-refractivity contribution in [2.24, 2.45) is 4.99 Å². The highest BCUT2D eigenvalue weighted by atomic mass is 35.5. The zero-order valence-corrected chi connectivity index (χ0v) is 16.4. The van der Waals surface area contributed by atoms with E-state index in [4.69, 9.17) is 11.6 Å². The normalized spacial score (nSPS) is 12.3. The van der Waals surface area contributed by atoms with Crippen LogP contribution in [0.15, 0.2) is 53.5 Å². The molecule has 3 nitrogen and oxygen atoms in total. The van der Waals surface area contributed by atoms with Gasteiger partial charge in [-0.05, 0) is 42.2 Å². The van der Waals surface area contributed by atoms with E-state index >= 15 is 0 Å². The maximum Gasteiger partial charge on any atom is 0.272 e. The molecular formula is C19H16ClFN2OS2. The number of carbonyl (C=O) groups is 1. The van der Waals surface area contributed by atoms with Crippen LogP contribution in [0.1, 0.15) is 5.56 Å². The van der Waals surface area contributed by atoms with Gasteiger partial charge in [0.15, 0.2) is 4.80 Å². The third-order valence-corrected chi connectivity index (χ3v) is 5.66. The molecule has 134 valence electrons. The van der Waals surface area contributed by atoms with E-state index in [1.165, 1.54) is 29.5 Å². The number of amides is 1. The molecule has 0 aliphatic rings. The van der Waals surface area contributed by atoms with Gasteiger partial charge in [0.05, 0.1) is 10.2 Å². The Morgan fingerprint density at radius 3 is 2.92 bits per heavy atom. The molecule has 0 unspecified atom stereocenters. The summed E-state index contributed by atoms with van der Waals surface area (Å²) < 4.78 is 16.2. The fourth-order valence-corrected chi connectivity index (χ4v) is 4.08. The highest BCUT2D eigenvalue weighted by Gasteiger charge is 2.08. The van der Waals surface area contributed by atoms with Crippen LogP contribution in [-0.2, 0) is 11.3 Å². The van der Waals surface area contributed by atoms with Crippen molar-refractivity contribution in [3.05, 3.63) is 69.7 Å². The van der Waals surface area contributed by atoms with Crippen LogP contribution in [0.2, 0.25) is 5.02 Å². The molecule has 1 aromatic heterocycles. The van der Waals surface area contributed by atoms with Gasteiger partial charge in [-0.15, -0.1) is 0 Å². The number of fused-ring (bicyclic) bond motifs is 1. The number of hydrogen-bond acceptors (Lipinski definition) is 3. The van der Waals surface area contributed by atoms with Gasteiger partial charge in [-0.3, -0.25) is 4.79 Å². The Kier molecular flexibility index (Phi) is 6.29. The fourth-order valence-electron chi connectivity index (χ4n) is 2.43. The van der Waals surface area contributed by atoms with Gasteiger partial charge in [-0.25, -0.2) is 4.39 Å². The van der Waals surface area contributed by atoms with Crippen molar-refractivity contribution in [1.82, 2.24) is 4.57 Å². The Morgan fingerprint density at radius 2 is 2.15 bits per heavy atom. The third kappa shape index (κ3) is 4.44. The quantitative estimate of drug-likeness (QED) is 0.559. The average molecular weight is 407 g/mol. The SMILES string of the molecule is CSCCn1c(=NC(=O)/C=C/c2ccccc2Cl)sc2cc(F)ccc21. The Labute approximate surface area is 163 Å². The van der Waals surface area contributed by atoms with Gasteiger partial charge >= 0.3 is 0 Å². The number of thiazole rings is 1. The topological polar surface area (TPSA) is 34.4 Å². The minimum absolute atomic E-state index is 0.299. The summed E-state index contributed by atoms with van der Waals surface area (Å²) in [6, 6.07) is 11.9. The molecule has 2 aromatic carbocycles. The molecule has 7 heteroatoms. The molecular weight excluding hydrogens is 391 g/mol. The molecule has 0 spiro atoms. The summed E-state index contributed by atoms with van der Waals surface area (Å²) in [4.78, 5) is 17.1. The second kappa shape index (κ2) is 8.66. The van der Waals surface area contributed by atoms with Crippen LogP contribution in [-0.4, -0.2) is 22.5 Å². The summed E-state index contributed by atoms with van der Waals surface area (Å²) in [6.45, 7) is 0.702. The molecule has 1 heterocycles. The highest BCUT2D eigenvalue weighted by Crippen LogP contribution is 2.19. The number of nitrogens with zero attached hydrogens (tertiary/aromatic N) is 2. The highest BCUT2D eigenvalue weighted by molar-refractivity contribution is 7.98. The minimum atomic E-state index is -0.380. The number of aryl methyl sites for hydroxylation is 1. The second-order valence-electron chi connectivity index (χ2n) is 5.45. The van der Waals surface area contributed by atoms with Crippen LogP contribution in [0.5, 0.6) is 0 Å². The van der Waals surface area contributed by atoms with Crippen molar-refractivity contribution in [3.8, 4) is 0 Å². The van der Waals surface area contributed by atoms with E-state index in [1.807, 2.05) is 29.0 Å². The number of rotatable bonds is 5. The number of carbonyl (C=O) groups excluding carboxylic acids is 1. The summed E-state index contributed by atoms with van der Waals surface area (Å²) in [5.74, 6) is 0.196. The molecule has 0 aliphatic carbocycles. The van der Waals surface area contributed by atoms with E-state index in [2.05, 4.69) is 4.99 Å². The van der Waals surface area contributed by atoms with Gasteiger partial charge < -0.3 is 4.57 Å². The number of benzene rings is 2. The predicted molar refractivity (Wildman–Crippen MR) is 109 cm³/mol. The Bertz CT molecular complexity index is 1040. The van der Waals surface area contributed by atoms with Gasteiger partial charge in [0.2, 0.25) is 0 Å². The second-order valence-corrected chi connectivity index (χ2v) is 7.85. The Hall–Kier alpha value is -1.89. The molecule has 0 saturated heterocycles. The summed E-state index contributed by atoms with van der Waals surface area (Å²) in [6.07, 6.45) is 5.06. The van der Waals surface area contributed by atoms with Crippen molar-refractivity contribution < 1.29 is 9.18 Å². The Balaban J connectivity index is 1.97. The molecule has 0 fully saturated rings. The minimum Gasteiger partial charge on any atom is -0.316 e. The van der Waals surface area contributed by atoms with E-state index < -0.39 is 0 Å². The zero-order chi connectivity index (χ0) is 18.5. The first-order valence-electron chi connectivity index (χ1n) is 7.87. The first kappa shape index (κ1) is 18.9.